The van der Waals surface area contributed by atoms with Crippen molar-refractivity contribution in [3.05, 3.63) is 53.6 Å². The number of aromatic nitrogens is 2. The second-order valence-corrected chi connectivity index (χ2v) is 5.74. The molecule has 0 saturated heterocycles. The van der Waals surface area contributed by atoms with Crippen LogP contribution < -0.4 is 0 Å². The molecule has 0 radical (unpaired) electrons. The van der Waals surface area contributed by atoms with Gasteiger partial charge in [0.1, 0.15) is 0 Å². The normalized spacial score (nSPS) is 22.8. The molecule has 0 aliphatic heterocycles. The molecule has 0 spiro atoms. The van der Waals surface area contributed by atoms with E-state index in [0.717, 1.165) is 0 Å². The van der Waals surface area contributed by atoms with Gasteiger partial charge in [-0.3, -0.25) is 0 Å². The number of fused-ring (bicyclic) bond motifs is 1. The number of benzene rings is 1. The largest absolute Gasteiger partial charge is 0.390 e. The summed E-state index contributed by atoms with van der Waals surface area (Å²) >= 11 is 0. The molecule has 1 aromatic heterocycles. The summed E-state index contributed by atoms with van der Waals surface area (Å²) in [5.74, 6) is -2.93. The summed E-state index contributed by atoms with van der Waals surface area (Å²) < 4.78 is 31.0. The summed E-state index contributed by atoms with van der Waals surface area (Å²) in [6, 6.07) is 6.06. The van der Waals surface area contributed by atoms with Crippen molar-refractivity contribution in [2.45, 2.75) is 32.4 Å². The smallest absolute Gasteiger partial charge is 0.280 e. The van der Waals surface area contributed by atoms with Crippen LogP contribution in [0, 0.1) is 5.41 Å². The first-order valence-electron chi connectivity index (χ1n) is 6.50. The van der Waals surface area contributed by atoms with Gasteiger partial charge in [0, 0.05) is 5.56 Å². The van der Waals surface area contributed by atoms with Crippen LogP contribution in [-0.2, 0) is 12.5 Å². The number of aliphatic hydroxyl groups is 1. The Balaban J connectivity index is 2.26. The van der Waals surface area contributed by atoms with Crippen LogP contribution in [0.1, 0.15) is 36.7 Å². The van der Waals surface area contributed by atoms with E-state index in [0.29, 0.717) is 11.3 Å². The van der Waals surface area contributed by atoms with Gasteiger partial charge in [0.15, 0.2) is 0 Å². The van der Waals surface area contributed by atoms with Gasteiger partial charge in [0.05, 0.1) is 36.3 Å². The molecular weight excluding hydrogens is 262 g/mol. The molecule has 1 N–H and O–H groups in total. The average molecular weight is 278 g/mol. The van der Waals surface area contributed by atoms with Gasteiger partial charge in [-0.05, 0) is 5.56 Å². The SMILES string of the molecule is CC1(C)C(n2cncc2CO)c2ccccc2C1(F)F. The first kappa shape index (κ1) is 13.2. The molecule has 1 aromatic carbocycles. The minimum absolute atomic E-state index is 0.0626. The lowest BCUT2D eigenvalue weighted by molar-refractivity contribution is -0.113. The zero-order valence-electron chi connectivity index (χ0n) is 11.3. The molecule has 106 valence electrons. The molecule has 1 atom stereocenters. The van der Waals surface area contributed by atoms with Crippen LogP contribution in [0.4, 0.5) is 8.78 Å². The number of hydrogen-bond donors (Lipinski definition) is 1. The number of aliphatic hydroxyl groups excluding tert-OH is 1. The lowest BCUT2D eigenvalue weighted by Gasteiger charge is -2.34. The molecule has 0 bridgehead atoms. The van der Waals surface area contributed by atoms with Gasteiger partial charge in [0.25, 0.3) is 5.92 Å². The second-order valence-electron chi connectivity index (χ2n) is 5.74. The Kier molecular flexibility index (Phi) is 2.73. The van der Waals surface area contributed by atoms with E-state index in [4.69, 9.17) is 0 Å². The van der Waals surface area contributed by atoms with Crippen molar-refractivity contribution in [1.82, 2.24) is 9.55 Å². The van der Waals surface area contributed by atoms with Crippen molar-refractivity contribution >= 4 is 0 Å². The van der Waals surface area contributed by atoms with Crippen LogP contribution in [0.2, 0.25) is 0 Å². The van der Waals surface area contributed by atoms with E-state index >= 15 is 0 Å². The topological polar surface area (TPSA) is 38.0 Å². The Morgan fingerprint density at radius 1 is 1.30 bits per heavy atom. The standard InChI is InChI=1S/C15H16F2N2O/c1-14(2)13(19-9-18-7-10(19)8-20)11-5-3-4-6-12(11)15(14,16)17/h3-7,9,13,20H,8H2,1-2H3. The number of imidazole rings is 1. The van der Waals surface area contributed by atoms with Gasteiger partial charge >= 0.3 is 0 Å². The fourth-order valence-corrected chi connectivity index (χ4v) is 3.11. The predicted octanol–water partition coefficient (Wildman–Crippen LogP) is 3.10. The quantitative estimate of drug-likeness (QED) is 0.916. The Labute approximate surface area is 115 Å². The van der Waals surface area contributed by atoms with E-state index in [1.165, 1.54) is 18.6 Å². The van der Waals surface area contributed by atoms with Crippen molar-refractivity contribution < 1.29 is 13.9 Å². The molecule has 0 fully saturated rings. The van der Waals surface area contributed by atoms with Gasteiger partial charge in [0.2, 0.25) is 0 Å². The number of nitrogens with zero attached hydrogens (tertiary/aromatic N) is 2. The predicted molar refractivity (Wildman–Crippen MR) is 70.4 cm³/mol. The van der Waals surface area contributed by atoms with Gasteiger partial charge in [-0.25, -0.2) is 13.8 Å². The molecule has 1 unspecified atom stereocenters. The molecule has 1 heterocycles. The van der Waals surface area contributed by atoms with Gasteiger partial charge < -0.3 is 9.67 Å². The summed E-state index contributed by atoms with van der Waals surface area (Å²) in [5.41, 5.74) is -0.0974. The molecule has 1 aliphatic rings. The van der Waals surface area contributed by atoms with Crippen LogP contribution in [0.15, 0.2) is 36.8 Å². The highest BCUT2D eigenvalue weighted by Crippen LogP contribution is 2.60. The number of alkyl halides is 2. The first-order chi connectivity index (χ1) is 9.41. The van der Waals surface area contributed by atoms with Gasteiger partial charge in [-0.1, -0.05) is 38.1 Å². The average Bonchev–Trinajstić information content (AvgIpc) is 2.91. The van der Waals surface area contributed by atoms with Crippen LogP contribution in [0.25, 0.3) is 0 Å². The van der Waals surface area contributed by atoms with Crippen molar-refractivity contribution in [2.75, 3.05) is 0 Å². The summed E-state index contributed by atoms with van der Waals surface area (Å²) in [7, 11) is 0. The zero-order valence-corrected chi connectivity index (χ0v) is 11.3. The second kappa shape index (κ2) is 4.12. The van der Waals surface area contributed by atoms with Gasteiger partial charge in [-0.15, -0.1) is 0 Å². The Bertz CT molecular complexity index is 649. The van der Waals surface area contributed by atoms with Crippen LogP contribution in [0.3, 0.4) is 0 Å². The monoisotopic (exact) mass is 278 g/mol. The van der Waals surface area contributed by atoms with Crippen LogP contribution >= 0.6 is 0 Å². The minimum atomic E-state index is -2.93. The third-order valence-corrected chi connectivity index (χ3v) is 4.27. The maximum atomic E-state index is 14.7. The van der Waals surface area contributed by atoms with E-state index in [9.17, 15) is 13.9 Å². The molecule has 1 aliphatic carbocycles. The highest BCUT2D eigenvalue weighted by atomic mass is 19.3. The maximum Gasteiger partial charge on any atom is 0.280 e. The summed E-state index contributed by atoms with van der Waals surface area (Å²) in [4.78, 5) is 3.98. The summed E-state index contributed by atoms with van der Waals surface area (Å²) in [5, 5.41) is 9.37. The van der Waals surface area contributed by atoms with Crippen LogP contribution in [-0.4, -0.2) is 14.7 Å². The summed E-state index contributed by atoms with van der Waals surface area (Å²) in [6.45, 7) is 2.89. The molecular formula is C15H16F2N2O. The molecule has 20 heavy (non-hydrogen) atoms. The molecule has 5 heteroatoms. The number of halogens is 2. The van der Waals surface area contributed by atoms with Crippen molar-refractivity contribution in [1.29, 1.82) is 0 Å². The molecule has 3 rings (SSSR count). The third kappa shape index (κ3) is 1.50. The van der Waals surface area contributed by atoms with E-state index < -0.39 is 17.4 Å². The van der Waals surface area contributed by atoms with Crippen molar-refractivity contribution in [3.8, 4) is 0 Å². The first-order valence-corrected chi connectivity index (χ1v) is 6.50. The van der Waals surface area contributed by atoms with E-state index in [-0.39, 0.29) is 12.2 Å². The fraction of sp³-hybridized carbons (Fsp3) is 0.400. The van der Waals surface area contributed by atoms with Crippen molar-refractivity contribution in [3.63, 3.8) is 0 Å². The Morgan fingerprint density at radius 3 is 2.70 bits per heavy atom. The maximum absolute atomic E-state index is 14.7. The lowest BCUT2D eigenvalue weighted by atomic mass is 9.82. The van der Waals surface area contributed by atoms with Crippen LogP contribution in [0.5, 0.6) is 0 Å². The van der Waals surface area contributed by atoms with E-state index in [1.54, 1.807) is 36.6 Å². The highest BCUT2D eigenvalue weighted by molar-refractivity contribution is 5.43. The van der Waals surface area contributed by atoms with Gasteiger partial charge in [-0.2, -0.15) is 0 Å². The molecule has 0 amide bonds. The molecule has 0 saturated carbocycles. The number of rotatable bonds is 2. The van der Waals surface area contributed by atoms with E-state index in [1.807, 2.05) is 0 Å². The zero-order chi connectivity index (χ0) is 14.5. The molecule has 2 aromatic rings. The Hall–Kier alpha value is -1.75. The fourth-order valence-electron chi connectivity index (χ4n) is 3.11. The minimum Gasteiger partial charge on any atom is -0.390 e. The number of hydrogen-bond acceptors (Lipinski definition) is 2. The summed E-state index contributed by atoms with van der Waals surface area (Å²) in [6.07, 6.45) is 3.02. The molecule has 3 nitrogen and oxygen atoms in total. The lowest BCUT2D eigenvalue weighted by Crippen LogP contribution is -2.35. The Morgan fingerprint density at radius 2 is 2.00 bits per heavy atom. The van der Waals surface area contributed by atoms with E-state index in [2.05, 4.69) is 4.98 Å². The highest BCUT2D eigenvalue weighted by Gasteiger charge is 2.60. The van der Waals surface area contributed by atoms with Crippen molar-refractivity contribution in [2.24, 2.45) is 5.41 Å². The third-order valence-electron chi connectivity index (χ3n) is 4.27.